The molecule has 0 fully saturated rings. The summed E-state index contributed by atoms with van der Waals surface area (Å²) in [5.41, 5.74) is 1.53. The summed E-state index contributed by atoms with van der Waals surface area (Å²) in [7, 11) is 1.94. The quantitative estimate of drug-likeness (QED) is 0.704. The Morgan fingerprint density at radius 2 is 1.62 bits per heavy atom. The van der Waals surface area contributed by atoms with Crippen LogP contribution in [0.1, 0.15) is 25.3 Å². The number of methoxy groups -OCH3 is 1. The maximum absolute atomic E-state index is 13.7. The molecule has 2 aromatic carbocycles. The van der Waals surface area contributed by atoms with Crippen molar-refractivity contribution in [2.45, 2.75) is 19.7 Å². The molecule has 0 aliphatic heterocycles. The molecule has 0 saturated carbocycles. The predicted octanol–water partition coefficient (Wildman–Crippen LogP) is 4.03. The van der Waals surface area contributed by atoms with Crippen LogP contribution < -0.4 is 14.9 Å². The van der Waals surface area contributed by atoms with Gasteiger partial charge < -0.3 is 19.3 Å². The number of nitrogens with zero attached hydrogens (tertiary/aromatic N) is 1. The molecule has 0 spiro atoms. The number of rotatable bonds is 8. The molecule has 142 valence electrons. The summed E-state index contributed by atoms with van der Waals surface area (Å²) < 4.78 is 24.7. The van der Waals surface area contributed by atoms with E-state index in [1.807, 2.05) is 45.0 Å². The van der Waals surface area contributed by atoms with Crippen molar-refractivity contribution in [1.82, 2.24) is 0 Å². The van der Waals surface area contributed by atoms with E-state index in [1.165, 1.54) is 0 Å². The maximum atomic E-state index is 13.7. The van der Waals surface area contributed by atoms with E-state index in [9.17, 15) is 9.67 Å². The highest BCUT2D eigenvalue weighted by Crippen LogP contribution is 2.58. The van der Waals surface area contributed by atoms with Crippen molar-refractivity contribution in [3.05, 3.63) is 54.1 Å². The number of anilines is 1. The molecular formula is C20H28NO4P. The zero-order valence-corrected chi connectivity index (χ0v) is 16.9. The molecule has 2 atom stereocenters. The first-order valence-corrected chi connectivity index (χ1v) is 10.3. The summed E-state index contributed by atoms with van der Waals surface area (Å²) in [5.74, 6) is -0.362. The van der Waals surface area contributed by atoms with Crippen molar-refractivity contribution in [2.24, 2.45) is 5.92 Å². The standard InChI is InChI=1S/C20H28NO4P/c1-15(2)14-25-26(23,19-12-8-17(9-13-19)21(3)4)20(22)16-6-10-18(24-5)11-7-16/h6-13,15,20,22H,14H2,1-5H3/t20-,26-/m0/s1. The Labute approximate surface area is 156 Å². The minimum absolute atomic E-state index is 0.201. The summed E-state index contributed by atoms with van der Waals surface area (Å²) in [6, 6.07) is 14.2. The minimum atomic E-state index is -3.52. The van der Waals surface area contributed by atoms with Gasteiger partial charge in [-0.25, -0.2) is 0 Å². The molecule has 5 nitrogen and oxygen atoms in total. The summed E-state index contributed by atoms with van der Waals surface area (Å²) in [6.07, 6.45) is 0. The number of hydrogen-bond donors (Lipinski definition) is 1. The van der Waals surface area contributed by atoms with Gasteiger partial charge in [0.05, 0.1) is 13.7 Å². The summed E-state index contributed by atoms with van der Waals surface area (Å²) in [4.78, 5) is 1.96. The van der Waals surface area contributed by atoms with Gasteiger partial charge in [-0.05, 0) is 47.9 Å². The van der Waals surface area contributed by atoms with E-state index in [-0.39, 0.29) is 5.92 Å². The van der Waals surface area contributed by atoms with E-state index in [0.717, 1.165) is 5.69 Å². The molecule has 6 heteroatoms. The average molecular weight is 377 g/mol. The van der Waals surface area contributed by atoms with E-state index < -0.39 is 13.2 Å². The first-order chi connectivity index (χ1) is 12.3. The average Bonchev–Trinajstić information content (AvgIpc) is 2.65. The lowest BCUT2D eigenvalue weighted by atomic mass is 10.2. The lowest BCUT2D eigenvalue weighted by Gasteiger charge is -2.26. The topological polar surface area (TPSA) is 59.0 Å². The molecule has 0 aliphatic carbocycles. The van der Waals surface area contributed by atoms with Gasteiger partial charge in [0.1, 0.15) is 5.75 Å². The number of ether oxygens (including phenoxy) is 1. The second-order valence-corrected chi connectivity index (χ2v) is 9.30. The van der Waals surface area contributed by atoms with Crippen LogP contribution in [0.25, 0.3) is 0 Å². The fraction of sp³-hybridized carbons (Fsp3) is 0.400. The second-order valence-electron chi connectivity index (χ2n) is 6.84. The number of hydrogen-bond acceptors (Lipinski definition) is 5. The van der Waals surface area contributed by atoms with Gasteiger partial charge in [-0.15, -0.1) is 0 Å². The molecule has 0 amide bonds. The van der Waals surface area contributed by atoms with Gasteiger partial charge in [0.15, 0.2) is 5.85 Å². The number of aliphatic hydroxyl groups excluding tert-OH is 1. The van der Waals surface area contributed by atoms with Crippen LogP contribution in [0.5, 0.6) is 5.75 Å². The van der Waals surface area contributed by atoms with Gasteiger partial charge in [0, 0.05) is 25.1 Å². The third-order valence-corrected chi connectivity index (χ3v) is 6.55. The van der Waals surface area contributed by atoms with Crippen LogP contribution in [-0.2, 0) is 9.09 Å². The first kappa shape index (κ1) is 20.5. The minimum Gasteiger partial charge on any atom is -0.497 e. The van der Waals surface area contributed by atoms with Crippen LogP contribution >= 0.6 is 7.37 Å². The third-order valence-electron chi connectivity index (χ3n) is 4.06. The van der Waals surface area contributed by atoms with Crippen LogP contribution in [0.2, 0.25) is 0 Å². The molecule has 0 radical (unpaired) electrons. The van der Waals surface area contributed by atoms with Crippen molar-refractivity contribution in [2.75, 3.05) is 32.7 Å². The van der Waals surface area contributed by atoms with Crippen molar-refractivity contribution < 1.29 is 18.9 Å². The maximum Gasteiger partial charge on any atom is 0.264 e. The van der Waals surface area contributed by atoms with Crippen molar-refractivity contribution in [1.29, 1.82) is 0 Å². The summed E-state index contributed by atoms with van der Waals surface area (Å²) >= 11 is 0. The predicted molar refractivity (Wildman–Crippen MR) is 107 cm³/mol. The highest BCUT2D eigenvalue weighted by Gasteiger charge is 2.36. The molecule has 2 aromatic rings. The van der Waals surface area contributed by atoms with Gasteiger partial charge >= 0.3 is 0 Å². The molecule has 0 heterocycles. The normalized spacial score (nSPS) is 14.7. The molecule has 26 heavy (non-hydrogen) atoms. The van der Waals surface area contributed by atoms with Gasteiger partial charge in [-0.3, -0.25) is 4.57 Å². The first-order valence-electron chi connectivity index (χ1n) is 8.62. The molecule has 0 bridgehead atoms. The molecule has 0 aliphatic rings. The summed E-state index contributed by atoms with van der Waals surface area (Å²) in [6.45, 7) is 4.28. The van der Waals surface area contributed by atoms with Crippen LogP contribution in [0.4, 0.5) is 5.69 Å². The molecule has 0 saturated heterocycles. The fourth-order valence-electron chi connectivity index (χ4n) is 2.48. The van der Waals surface area contributed by atoms with Crippen molar-refractivity contribution in [3.63, 3.8) is 0 Å². The zero-order valence-electron chi connectivity index (χ0n) is 16.0. The Hall–Kier alpha value is -1.81. The molecule has 1 N–H and O–H groups in total. The van der Waals surface area contributed by atoms with Crippen LogP contribution in [0, 0.1) is 5.92 Å². The smallest absolute Gasteiger partial charge is 0.264 e. The van der Waals surface area contributed by atoms with Gasteiger partial charge in [-0.2, -0.15) is 0 Å². The van der Waals surface area contributed by atoms with Gasteiger partial charge in [0.2, 0.25) is 0 Å². The van der Waals surface area contributed by atoms with Crippen LogP contribution in [0.15, 0.2) is 48.5 Å². The molecule has 0 aromatic heterocycles. The Balaban J connectivity index is 2.40. The second kappa shape index (κ2) is 8.72. The van der Waals surface area contributed by atoms with E-state index in [0.29, 0.717) is 23.2 Å². The third kappa shape index (κ3) is 4.67. The van der Waals surface area contributed by atoms with E-state index in [4.69, 9.17) is 9.26 Å². The molecule has 2 rings (SSSR count). The monoisotopic (exact) mass is 377 g/mol. The Bertz CT molecular complexity index is 741. The number of benzene rings is 2. The van der Waals surface area contributed by atoms with Gasteiger partial charge in [-0.1, -0.05) is 26.0 Å². The molecular weight excluding hydrogens is 349 g/mol. The SMILES string of the molecule is COc1ccc([C@@H](O)[P@@](=O)(OCC(C)C)c2ccc(N(C)C)cc2)cc1. The number of aliphatic hydroxyl groups is 1. The van der Waals surface area contributed by atoms with Crippen LogP contribution in [-0.4, -0.2) is 32.9 Å². The highest BCUT2D eigenvalue weighted by molar-refractivity contribution is 7.67. The van der Waals surface area contributed by atoms with E-state index >= 15 is 0 Å². The fourth-order valence-corrected chi connectivity index (χ4v) is 4.70. The van der Waals surface area contributed by atoms with E-state index in [2.05, 4.69) is 0 Å². The lowest BCUT2D eigenvalue weighted by molar-refractivity contribution is 0.202. The Morgan fingerprint density at radius 1 is 1.04 bits per heavy atom. The van der Waals surface area contributed by atoms with Crippen molar-refractivity contribution >= 4 is 18.4 Å². The van der Waals surface area contributed by atoms with Gasteiger partial charge in [0.25, 0.3) is 7.37 Å². The highest BCUT2D eigenvalue weighted by atomic mass is 31.2. The Morgan fingerprint density at radius 3 is 2.08 bits per heavy atom. The Kier molecular flexibility index (Phi) is 6.87. The summed E-state index contributed by atoms with van der Waals surface area (Å²) in [5, 5.41) is 11.4. The van der Waals surface area contributed by atoms with Crippen LogP contribution in [0.3, 0.4) is 0 Å². The van der Waals surface area contributed by atoms with E-state index in [1.54, 1.807) is 43.5 Å². The lowest BCUT2D eigenvalue weighted by Crippen LogP contribution is -2.17. The largest absolute Gasteiger partial charge is 0.497 e. The molecule has 0 unspecified atom stereocenters. The zero-order chi connectivity index (χ0) is 19.3. The van der Waals surface area contributed by atoms with Crippen molar-refractivity contribution in [3.8, 4) is 5.75 Å².